The number of aryl methyl sites for hydroxylation is 1. The Bertz CT molecular complexity index is 1110. The first-order valence-electron chi connectivity index (χ1n) is 9.89. The zero-order chi connectivity index (χ0) is 21.1. The first-order chi connectivity index (χ1) is 14.6. The maximum absolute atomic E-state index is 12.6. The number of benzene rings is 2. The van der Waals surface area contributed by atoms with Crippen LogP contribution in [0.5, 0.6) is 5.75 Å². The predicted octanol–water partition coefficient (Wildman–Crippen LogP) is 3.20. The van der Waals surface area contributed by atoms with Crippen LogP contribution in [0.15, 0.2) is 48.5 Å². The molecule has 7 heteroatoms. The van der Waals surface area contributed by atoms with E-state index in [1.54, 1.807) is 12.0 Å². The number of rotatable bonds is 3. The molecular weight excluding hydrogens is 378 g/mol. The van der Waals surface area contributed by atoms with Crippen molar-refractivity contribution in [2.45, 2.75) is 6.92 Å². The maximum atomic E-state index is 12.6. The molecule has 1 aromatic heterocycles. The van der Waals surface area contributed by atoms with Crippen molar-refractivity contribution in [2.75, 3.05) is 43.5 Å². The number of ether oxygens (including phenoxy) is 1. The number of hydrogen-bond acceptors (Lipinski definition) is 4. The third-order valence-electron chi connectivity index (χ3n) is 5.37. The van der Waals surface area contributed by atoms with Crippen LogP contribution in [-0.2, 0) is 0 Å². The van der Waals surface area contributed by atoms with Crippen molar-refractivity contribution in [3.63, 3.8) is 0 Å². The van der Waals surface area contributed by atoms with Crippen LogP contribution in [0.3, 0.4) is 0 Å². The molecule has 0 radical (unpaired) electrons. The fourth-order valence-corrected chi connectivity index (χ4v) is 3.62. The van der Waals surface area contributed by atoms with Crippen LogP contribution in [0, 0.1) is 18.3 Å². The van der Waals surface area contributed by atoms with E-state index in [1.165, 1.54) is 0 Å². The summed E-state index contributed by atoms with van der Waals surface area (Å²) in [5.41, 5.74) is 3.43. The Morgan fingerprint density at radius 3 is 2.50 bits per heavy atom. The summed E-state index contributed by atoms with van der Waals surface area (Å²) in [6.07, 6.45) is 0. The lowest BCUT2D eigenvalue weighted by Gasteiger charge is -2.31. The average molecular weight is 402 g/mol. The quantitative estimate of drug-likeness (QED) is 0.729. The average Bonchev–Trinajstić information content (AvgIpc) is 2.79. The standard InChI is InChI=1S/C23H23N5O2/c1-16-3-6-19(7-4-16)25-23(29)28-11-9-27(10-12-28)22-18(15-24)13-17-5-8-20(30-2)14-21(17)26-22/h3-8,13-14H,9-12H2,1-2H3,(H,25,29)/p+1. The van der Waals surface area contributed by atoms with Crippen molar-refractivity contribution in [1.82, 2.24) is 4.90 Å². The molecule has 0 spiro atoms. The van der Waals surface area contributed by atoms with E-state index in [0.29, 0.717) is 31.7 Å². The van der Waals surface area contributed by atoms with Gasteiger partial charge in [-0.15, -0.1) is 0 Å². The summed E-state index contributed by atoms with van der Waals surface area (Å²) in [6, 6.07) is 17.6. The number of nitrogens with one attached hydrogen (secondary N) is 2. The van der Waals surface area contributed by atoms with Gasteiger partial charge in [-0.05, 0) is 37.3 Å². The Labute approximate surface area is 175 Å². The number of urea groups is 1. The van der Waals surface area contributed by atoms with Gasteiger partial charge < -0.3 is 15.0 Å². The van der Waals surface area contributed by atoms with Crippen LogP contribution in [0.25, 0.3) is 10.9 Å². The topological polar surface area (TPSA) is 82.7 Å². The molecule has 0 saturated carbocycles. The molecule has 0 atom stereocenters. The number of pyridine rings is 1. The fraction of sp³-hybridized carbons (Fsp3) is 0.261. The molecule has 2 heterocycles. The second kappa shape index (κ2) is 8.29. The van der Waals surface area contributed by atoms with Crippen LogP contribution in [-0.4, -0.2) is 44.2 Å². The number of aromatic nitrogens is 1. The molecule has 1 fully saturated rings. The van der Waals surface area contributed by atoms with Crippen molar-refractivity contribution in [3.05, 3.63) is 59.7 Å². The Balaban J connectivity index is 1.48. The first kappa shape index (κ1) is 19.5. The van der Waals surface area contributed by atoms with Gasteiger partial charge in [-0.3, -0.25) is 4.90 Å². The number of carbonyl (C=O) groups is 1. The molecule has 2 aromatic carbocycles. The van der Waals surface area contributed by atoms with E-state index >= 15 is 0 Å². The molecule has 0 aliphatic carbocycles. The monoisotopic (exact) mass is 402 g/mol. The Hall–Kier alpha value is -3.79. The number of amides is 2. The third-order valence-corrected chi connectivity index (χ3v) is 5.37. The highest BCUT2D eigenvalue weighted by atomic mass is 16.5. The number of nitriles is 1. The zero-order valence-corrected chi connectivity index (χ0v) is 17.1. The summed E-state index contributed by atoms with van der Waals surface area (Å²) in [5, 5.41) is 13.5. The van der Waals surface area contributed by atoms with E-state index in [2.05, 4.69) is 21.3 Å². The van der Waals surface area contributed by atoms with Gasteiger partial charge in [-0.1, -0.05) is 17.7 Å². The molecule has 0 bridgehead atoms. The lowest BCUT2D eigenvalue weighted by atomic mass is 10.1. The number of nitrogens with zero attached hydrogens (tertiary/aromatic N) is 3. The Kier molecular flexibility index (Phi) is 5.40. The SMILES string of the molecule is COc1ccc2cc(C#N)c(N3CCN(C(=O)Nc4ccc(C)cc4)CC3)[nH+]c2c1. The highest BCUT2D eigenvalue weighted by Gasteiger charge is 2.29. The highest BCUT2D eigenvalue weighted by Crippen LogP contribution is 2.23. The number of carbonyl (C=O) groups excluding carboxylic acids is 1. The van der Waals surface area contributed by atoms with Gasteiger partial charge in [0.25, 0.3) is 5.82 Å². The Morgan fingerprint density at radius 2 is 1.83 bits per heavy atom. The molecule has 1 aliphatic rings. The lowest BCUT2D eigenvalue weighted by molar-refractivity contribution is -0.331. The van der Waals surface area contributed by atoms with Gasteiger partial charge in [0.2, 0.25) is 0 Å². The summed E-state index contributed by atoms with van der Waals surface area (Å²) < 4.78 is 5.31. The minimum atomic E-state index is -0.105. The maximum Gasteiger partial charge on any atom is 0.322 e. The number of anilines is 2. The molecule has 7 nitrogen and oxygen atoms in total. The summed E-state index contributed by atoms with van der Waals surface area (Å²) in [4.78, 5) is 19.9. The van der Waals surface area contributed by atoms with Crippen molar-refractivity contribution in [1.29, 1.82) is 5.26 Å². The number of piperazine rings is 1. The van der Waals surface area contributed by atoms with Gasteiger partial charge in [-0.25, -0.2) is 9.78 Å². The predicted molar refractivity (Wildman–Crippen MR) is 116 cm³/mol. The minimum absolute atomic E-state index is 0.105. The molecule has 2 amide bonds. The number of hydrogen-bond donors (Lipinski definition) is 1. The highest BCUT2D eigenvalue weighted by molar-refractivity contribution is 5.89. The van der Waals surface area contributed by atoms with Crippen molar-refractivity contribution >= 4 is 28.4 Å². The van der Waals surface area contributed by atoms with Gasteiger partial charge in [0.15, 0.2) is 0 Å². The third kappa shape index (κ3) is 3.98. The number of methoxy groups -OCH3 is 1. The fourth-order valence-electron chi connectivity index (χ4n) is 3.62. The second-order valence-electron chi connectivity index (χ2n) is 7.37. The van der Waals surface area contributed by atoms with Crippen molar-refractivity contribution in [2.24, 2.45) is 0 Å². The van der Waals surface area contributed by atoms with E-state index in [4.69, 9.17) is 4.74 Å². The Morgan fingerprint density at radius 1 is 1.10 bits per heavy atom. The molecule has 0 unspecified atom stereocenters. The largest absolute Gasteiger partial charge is 0.497 e. The summed E-state index contributed by atoms with van der Waals surface area (Å²) in [5.74, 6) is 1.53. The van der Waals surface area contributed by atoms with Gasteiger partial charge in [0, 0.05) is 17.1 Å². The van der Waals surface area contributed by atoms with Crippen molar-refractivity contribution in [3.8, 4) is 11.8 Å². The van der Waals surface area contributed by atoms with Crippen LogP contribution < -0.4 is 19.9 Å². The van der Waals surface area contributed by atoms with Gasteiger partial charge in [-0.2, -0.15) is 5.26 Å². The van der Waals surface area contributed by atoms with E-state index in [1.807, 2.05) is 55.5 Å². The van der Waals surface area contributed by atoms with E-state index in [-0.39, 0.29) is 6.03 Å². The number of aromatic amines is 1. The molecule has 2 N–H and O–H groups in total. The molecule has 4 rings (SSSR count). The normalized spacial score (nSPS) is 13.8. The molecule has 3 aromatic rings. The van der Waals surface area contributed by atoms with Gasteiger partial charge in [0.1, 0.15) is 36.0 Å². The minimum Gasteiger partial charge on any atom is -0.497 e. The molecule has 30 heavy (non-hydrogen) atoms. The zero-order valence-electron chi connectivity index (χ0n) is 17.1. The van der Waals surface area contributed by atoms with Gasteiger partial charge in [0.05, 0.1) is 20.2 Å². The van der Waals surface area contributed by atoms with Crippen LogP contribution in [0.1, 0.15) is 11.1 Å². The number of fused-ring (bicyclic) bond motifs is 1. The van der Waals surface area contributed by atoms with Crippen LogP contribution >= 0.6 is 0 Å². The van der Waals surface area contributed by atoms with Gasteiger partial charge >= 0.3 is 6.03 Å². The lowest BCUT2D eigenvalue weighted by Crippen LogP contribution is -2.51. The summed E-state index contributed by atoms with van der Waals surface area (Å²) in [6.45, 7) is 4.45. The van der Waals surface area contributed by atoms with E-state index in [0.717, 1.165) is 33.7 Å². The molecular formula is C23H24N5O2+. The molecule has 1 saturated heterocycles. The smallest absolute Gasteiger partial charge is 0.322 e. The van der Waals surface area contributed by atoms with Crippen LogP contribution in [0.4, 0.5) is 16.3 Å². The summed E-state index contributed by atoms with van der Waals surface area (Å²) in [7, 11) is 1.63. The molecule has 1 aliphatic heterocycles. The summed E-state index contributed by atoms with van der Waals surface area (Å²) >= 11 is 0. The van der Waals surface area contributed by atoms with E-state index in [9.17, 15) is 10.1 Å². The van der Waals surface area contributed by atoms with Crippen LogP contribution in [0.2, 0.25) is 0 Å². The molecule has 152 valence electrons. The van der Waals surface area contributed by atoms with E-state index < -0.39 is 0 Å². The first-order valence-corrected chi connectivity index (χ1v) is 9.89. The second-order valence-corrected chi connectivity index (χ2v) is 7.37. The number of H-pyrrole nitrogens is 1. The van der Waals surface area contributed by atoms with Crippen molar-refractivity contribution < 1.29 is 14.5 Å².